The highest BCUT2D eigenvalue weighted by molar-refractivity contribution is 7.93. The van der Waals surface area contributed by atoms with Crippen molar-refractivity contribution in [2.75, 3.05) is 4.72 Å². The normalized spacial score (nSPS) is 12.6. The van der Waals surface area contributed by atoms with Crippen LogP contribution in [0.5, 0.6) is 0 Å². The van der Waals surface area contributed by atoms with Gasteiger partial charge in [-0.25, -0.2) is 8.42 Å². The summed E-state index contributed by atoms with van der Waals surface area (Å²) in [4.78, 5) is 23.6. The van der Waals surface area contributed by atoms with Gasteiger partial charge in [0.25, 0.3) is 6.04 Å². The lowest BCUT2D eigenvalue weighted by molar-refractivity contribution is -0.510. The van der Waals surface area contributed by atoms with Crippen molar-refractivity contribution in [3.05, 3.63) is 75.8 Å². The molecule has 0 radical (unpaired) electrons. The number of ketones is 1. The molecule has 0 amide bonds. The van der Waals surface area contributed by atoms with E-state index in [-0.39, 0.29) is 16.8 Å². The molecular formula is C17H18N2O5S. The fourth-order valence-electron chi connectivity index (χ4n) is 2.21. The van der Waals surface area contributed by atoms with Crippen molar-refractivity contribution in [2.45, 2.75) is 25.1 Å². The third kappa shape index (κ3) is 4.21. The number of anilines is 1. The number of hydrogen-bond donors (Lipinski definition) is 1. The van der Waals surface area contributed by atoms with E-state index in [0.717, 1.165) is 0 Å². The van der Waals surface area contributed by atoms with Gasteiger partial charge in [-0.15, -0.1) is 0 Å². The van der Waals surface area contributed by atoms with Crippen molar-refractivity contribution in [1.29, 1.82) is 0 Å². The topological polar surface area (TPSA) is 106 Å². The average molecular weight is 362 g/mol. The number of carbonyl (C=O) groups excluding carboxylic acids is 1. The lowest BCUT2D eigenvalue weighted by atomic mass is 9.97. The van der Waals surface area contributed by atoms with E-state index in [1.165, 1.54) is 44.2 Å². The lowest BCUT2D eigenvalue weighted by Crippen LogP contribution is -2.26. The quantitative estimate of drug-likeness (QED) is 0.463. The zero-order chi connectivity index (χ0) is 18.6. The number of rotatable bonds is 7. The molecule has 0 aliphatic carbocycles. The Kier molecular flexibility index (Phi) is 5.53. The molecular weight excluding hydrogens is 344 g/mol. The molecule has 1 unspecified atom stereocenters. The van der Waals surface area contributed by atoms with Gasteiger partial charge in [0.05, 0.1) is 10.9 Å². The largest absolute Gasteiger partial charge is 0.299 e. The third-order valence-corrected chi connectivity index (χ3v) is 5.39. The van der Waals surface area contributed by atoms with E-state index >= 15 is 0 Å². The Hall–Kier alpha value is -2.74. The Morgan fingerprint density at radius 2 is 1.60 bits per heavy atom. The highest BCUT2D eigenvalue weighted by Crippen LogP contribution is 2.27. The maximum Gasteiger partial charge on any atom is 0.299 e. The second-order valence-corrected chi connectivity index (χ2v) is 7.94. The van der Waals surface area contributed by atoms with Crippen molar-refractivity contribution in [2.24, 2.45) is 0 Å². The first-order valence-corrected chi connectivity index (χ1v) is 9.12. The number of nitro groups is 1. The summed E-state index contributed by atoms with van der Waals surface area (Å²) in [5, 5.41) is 10.8. The summed E-state index contributed by atoms with van der Waals surface area (Å²) in [6.45, 7) is 2.99. The summed E-state index contributed by atoms with van der Waals surface area (Å²) in [5.74, 6) is -0.779. The molecule has 132 valence electrons. The number of nitrogens with zero attached hydrogens (tertiary/aromatic N) is 1. The molecule has 0 aliphatic rings. The first-order valence-electron chi connectivity index (χ1n) is 7.57. The van der Waals surface area contributed by atoms with E-state index < -0.39 is 32.0 Å². The van der Waals surface area contributed by atoms with Gasteiger partial charge in [-0.05, 0) is 26.0 Å². The van der Waals surface area contributed by atoms with Gasteiger partial charge in [0, 0.05) is 16.1 Å². The standard InChI is InChI=1S/C17H18N2O5S/c1-12(2)25(23,24)18-15-11-7-6-10-14(15)17(20)16(19(21)22)13-8-4-3-5-9-13/h3-12,16,18H,1-2H3. The monoisotopic (exact) mass is 362 g/mol. The van der Waals surface area contributed by atoms with Crippen LogP contribution >= 0.6 is 0 Å². The highest BCUT2D eigenvalue weighted by Gasteiger charge is 2.34. The maximum absolute atomic E-state index is 12.8. The van der Waals surface area contributed by atoms with Crippen LogP contribution in [0.3, 0.4) is 0 Å². The first kappa shape index (κ1) is 18.6. The van der Waals surface area contributed by atoms with Crippen LogP contribution in [0.4, 0.5) is 5.69 Å². The molecule has 0 saturated carbocycles. The smallest absolute Gasteiger partial charge is 0.286 e. The van der Waals surface area contributed by atoms with Crippen LogP contribution in [0.25, 0.3) is 0 Å². The van der Waals surface area contributed by atoms with E-state index in [1.807, 2.05) is 0 Å². The fraction of sp³-hybridized carbons (Fsp3) is 0.235. The van der Waals surface area contributed by atoms with E-state index in [4.69, 9.17) is 0 Å². The molecule has 8 heteroatoms. The van der Waals surface area contributed by atoms with Gasteiger partial charge in [-0.2, -0.15) is 0 Å². The van der Waals surface area contributed by atoms with Crippen molar-refractivity contribution < 1.29 is 18.1 Å². The summed E-state index contributed by atoms with van der Waals surface area (Å²) in [7, 11) is -3.69. The molecule has 2 aromatic rings. The number of nitrogens with one attached hydrogen (secondary N) is 1. The molecule has 0 aromatic heterocycles. The Morgan fingerprint density at radius 1 is 1.04 bits per heavy atom. The van der Waals surface area contributed by atoms with Crippen LogP contribution in [-0.2, 0) is 10.0 Å². The summed E-state index contributed by atoms with van der Waals surface area (Å²) in [6, 6.07) is 12.1. The van der Waals surface area contributed by atoms with Gasteiger partial charge in [0.2, 0.25) is 15.8 Å². The molecule has 1 atom stereocenters. The van der Waals surface area contributed by atoms with Crippen LogP contribution in [0.2, 0.25) is 0 Å². The molecule has 2 rings (SSSR count). The first-order chi connectivity index (χ1) is 11.7. The molecule has 0 aliphatic heterocycles. The predicted octanol–water partition coefficient (Wildman–Crippen LogP) is 3.04. The molecule has 25 heavy (non-hydrogen) atoms. The fourth-order valence-corrected chi connectivity index (χ4v) is 2.93. The summed E-state index contributed by atoms with van der Waals surface area (Å²) in [6.07, 6.45) is 0. The molecule has 0 fully saturated rings. The maximum atomic E-state index is 12.8. The van der Waals surface area contributed by atoms with Crippen LogP contribution < -0.4 is 4.72 Å². The van der Waals surface area contributed by atoms with E-state index in [2.05, 4.69) is 4.72 Å². The predicted molar refractivity (Wildman–Crippen MR) is 94.6 cm³/mol. The second kappa shape index (κ2) is 7.43. The Labute approximate surface area is 145 Å². The minimum absolute atomic E-state index is 0.0315. The van der Waals surface area contributed by atoms with E-state index in [9.17, 15) is 23.3 Å². The summed E-state index contributed by atoms with van der Waals surface area (Å²) >= 11 is 0. The number of hydrogen-bond acceptors (Lipinski definition) is 5. The number of para-hydroxylation sites is 1. The zero-order valence-corrected chi connectivity index (χ0v) is 14.6. The van der Waals surface area contributed by atoms with Crippen LogP contribution in [0.15, 0.2) is 54.6 Å². The number of Topliss-reactive ketones (excluding diaryl/α,β-unsaturated/α-hetero) is 1. The van der Waals surface area contributed by atoms with Gasteiger partial charge >= 0.3 is 0 Å². The van der Waals surface area contributed by atoms with Crippen LogP contribution in [0.1, 0.15) is 35.8 Å². The molecule has 0 saturated heterocycles. The molecule has 0 spiro atoms. The average Bonchev–Trinajstić information content (AvgIpc) is 2.55. The van der Waals surface area contributed by atoms with E-state index in [1.54, 1.807) is 24.3 Å². The summed E-state index contributed by atoms with van der Waals surface area (Å²) < 4.78 is 26.5. The molecule has 7 nitrogen and oxygen atoms in total. The van der Waals surface area contributed by atoms with Gasteiger partial charge in [0.15, 0.2) is 0 Å². The van der Waals surface area contributed by atoms with Crippen molar-refractivity contribution >= 4 is 21.5 Å². The zero-order valence-electron chi connectivity index (χ0n) is 13.7. The van der Waals surface area contributed by atoms with Crippen molar-refractivity contribution in [3.63, 3.8) is 0 Å². The number of sulfonamides is 1. The van der Waals surface area contributed by atoms with Crippen LogP contribution in [-0.4, -0.2) is 24.4 Å². The molecule has 1 N–H and O–H groups in total. The van der Waals surface area contributed by atoms with Gasteiger partial charge in [-0.3, -0.25) is 19.6 Å². The number of benzene rings is 2. The molecule has 0 heterocycles. The highest BCUT2D eigenvalue weighted by atomic mass is 32.2. The summed E-state index contributed by atoms with van der Waals surface area (Å²) in [5.41, 5.74) is 0.222. The minimum atomic E-state index is -3.69. The Bertz CT molecular complexity index is 879. The van der Waals surface area contributed by atoms with Crippen molar-refractivity contribution in [1.82, 2.24) is 0 Å². The van der Waals surface area contributed by atoms with Gasteiger partial charge < -0.3 is 0 Å². The third-order valence-electron chi connectivity index (χ3n) is 3.64. The second-order valence-electron chi connectivity index (χ2n) is 5.70. The Morgan fingerprint density at radius 3 is 2.16 bits per heavy atom. The lowest BCUT2D eigenvalue weighted by Gasteiger charge is -2.15. The SMILES string of the molecule is CC(C)S(=O)(=O)Nc1ccccc1C(=O)C(c1ccccc1)[N+](=O)[O-]. The van der Waals surface area contributed by atoms with Crippen LogP contribution in [0, 0.1) is 10.1 Å². The van der Waals surface area contributed by atoms with Crippen molar-refractivity contribution in [3.8, 4) is 0 Å². The minimum Gasteiger partial charge on any atom is -0.286 e. The molecule has 2 aromatic carbocycles. The number of carbonyl (C=O) groups is 1. The molecule has 0 bridgehead atoms. The van der Waals surface area contributed by atoms with Gasteiger partial charge in [0.1, 0.15) is 0 Å². The van der Waals surface area contributed by atoms with Gasteiger partial charge in [-0.1, -0.05) is 42.5 Å². The Balaban J connectivity index is 2.47. The van der Waals surface area contributed by atoms with E-state index in [0.29, 0.717) is 0 Å².